The third kappa shape index (κ3) is 3.95. The van der Waals surface area contributed by atoms with E-state index in [1.807, 2.05) is 24.3 Å². The molecular formula is C24H30N2O6. The highest BCUT2D eigenvalue weighted by molar-refractivity contribution is 5.88. The minimum absolute atomic E-state index is 0.0493. The lowest BCUT2D eigenvalue weighted by Gasteiger charge is -2.23. The fourth-order valence-electron chi connectivity index (χ4n) is 6.08. The number of carboxylic acids is 2. The summed E-state index contributed by atoms with van der Waals surface area (Å²) in [4.78, 5) is 46.4. The Kier molecular flexibility index (Phi) is 5.34. The molecule has 8 heteroatoms. The zero-order valence-corrected chi connectivity index (χ0v) is 17.9. The van der Waals surface area contributed by atoms with Crippen molar-refractivity contribution in [3.63, 3.8) is 0 Å². The zero-order chi connectivity index (χ0) is 22.6. The predicted molar refractivity (Wildman–Crippen MR) is 113 cm³/mol. The highest BCUT2D eigenvalue weighted by Crippen LogP contribution is 2.49. The number of carboxylic acid groups (broad SMARTS) is 2. The van der Waals surface area contributed by atoms with Crippen LogP contribution in [-0.2, 0) is 19.2 Å². The lowest BCUT2D eigenvalue weighted by Crippen LogP contribution is -2.40. The van der Waals surface area contributed by atoms with Gasteiger partial charge in [-0.1, -0.05) is 24.3 Å². The normalized spacial score (nSPS) is 40.0. The van der Waals surface area contributed by atoms with E-state index in [4.69, 9.17) is 0 Å². The smallest absolute Gasteiger partial charge is 0.307 e. The van der Waals surface area contributed by atoms with Gasteiger partial charge >= 0.3 is 11.9 Å². The van der Waals surface area contributed by atoms with Gasteiger partial charge in [-0.2, -0.15) is 0 Å². The molecule has 0 radical (unpaired) electrons. The summed E-state index contributed by atoms with van der Waals surface area (Å²) in [7, 11) is 0. The number of carbonyl (C=O) groups excluding carboxylic acids is 2. The van der Waals surface area contributed by atoms with Crippen LogP contribution in [0.3, 0.4) is 0 Å². The molecule has 6 aliphatic rings. The molecule has 4 fully saturated rings. The van der Waals surface area contributed by atoms with E-state index < -0.39 is 23.8 Å². The molecule has 4 bridgehead atoms. The average Bonchev–Trinajstić information content (AvgIpc) is 3.54. The van der Waals surface area contributed by atoms with Crippen LogP contribution in [0.5, 0.6) is 0 Å². The zero-order valence-electron chi connectivity index (χ0n) is 17.9. The Bertz CT molecular complexity index is 817. The van der Waals surface area contributed by atoms with Gasteiger partial charge < -0.3 is 20.8 Å². The van der Waals surface area contributed by atoms with Crippen LogP contribution in [0.15, 0.2) is 24.3 Å². The Morgan fingerprint density at radius 2 is 0.875 bits per heavy atom. The van der Waals surface area contributed by atoms with Crippen LogP contribution in [0.1, 0.15) is 38.5 Å². The van der Waals surface area contributed by atoms with Gasteiger partial charge in [0.15, 0.2) is 0 Å². The highest BCUT2D eigenvalue weighted by Gasteiger charge is 2.53. The molecule has 0 aromatic carbocycles. The Hall–Kier alpha value is -2.64. The van der Waals surface area contributed by atoms with Gasteiger partial charge in [0, 0.05) is 12.1 Å². The molecule has 6 rings (SSSR count). The second kappa shape index (κ2) is 8.05. The predicted octanol–water partition coefficient (Wildman–Crippen LogP) is 1.58. The van der Waals surface area contributed by atoms with Crippen molar-refractivity contribution >= 4 is 23.8 Å². The maximum atomic E-state index is 12.0. The van der Waals surface area contributed by atoms with Gasteiger partial charge in [0.1, 0.15) is 0 Å². The fourth-order valence-corrected chi connectivity index (χ4v) is 6.08. The van der Waals surface area contributed by atoms with E-state index in [1.54, 1.807) is 0 Å². The minimum atomic E-state index is -0.826. The van der Waals surface area contributed by atoms with Crippen molar-refractivity contribution in [1.82, 2.24) is 10.6 Å². The van der Waals surface area contributed by atoms with E-state index in [1.165, 1.54) is 0 Å². The monoisotopic (exact) mass is 442 g/mol. The number of nitrogens with one attached hydrogen (secondary N) is 2. The van der Waals surface area contributed by atoms with Gasteiger partial charge in [-0.3, -0.25) is 19.2 Å². The van der Waals surface area contributed by atoms with Crippen molar-refractivity contribution < 1.29 is 29.4 Å². The van der Waals surface area contributed by atoms with Gasteiger partial charge in [-0.15, -0.1) is 0 Å². The highest BCUT2D eigenvalue weighted by atomic mass is 16.4. The summed E-state index contributed by atoms with van der Waals surface area (Å²) < 4.78 is 0. The van der Waals surface area contributed by atoms with Crippen LogP contribution >= 0.6 is 0 Å². The van der Waals surface area contributed by atoms with Crippen molar-refractivity contribution in [2.24, 2.45) is 47.3 Å². The number of amides is 2. The van der Waals surface area contributed by atoms with Crippen LogP contribution in [-0.4, -0.2) is 46.0 Å². The van der Waals surface area contributed by atoms with E-state index in [0.29, 0.717) is 12.1 Å². The molecular weight excluding hydrogens is 412 g/mol. The van der Waals surface area contributed by atoms with Crippen molar-refractivity contribution in [3.8, 4) is 0 Å². The second-order valence-electron chi connectivity index (χ2n) is 10.2. The molecule has 0 spiro atoms. The molecule has 8 atom stereocenters. The van der Waals surface area contributed by atoms with Gasteiger partial charge in [0.05, 0.1) is 23.7 Å². The molecule has 32 heavy (non-hydrogen) atoms. The Morgan fingerprint density at radius 3 is 1.16 bits per heavy atom. The summed E-state index contributed by atoms with van der Waals surface area (Å²) in [5.41, 5.74) is 0. The summed E-state index contributed by atoms with van der Waals surface area (Å²) >= 11 is 0. The number of rotatable bonds is 6. The van der Waals surface area contributed by atoms with Crippen LogP contribution < -0.4 is 10.6 Å². The third-order valence-electron chi connectivity index (χ3n) is 7.94. The summed E-state index contributed by atoms with van der Waals surface area (Å²) in [6.45, 7) is 0. The summed E-state index contributed by atoms with van der Waals surface area (Å²) in [6.07, 6.45) is 13.8. The minimum Gasteiger partial charge on any atom is -0.481 e. The van der Waals surface area contributed by atoms with Crippen LogP contribution in [0.4, 0.5) is 0 Å². The molecule has 172 valence electrons. The molecule has 0 saturated heterocycles. The van der Waals surface area contributed by atoms with E-state index in [2.05, 4.69) is 10.6 Å². The summed E-state index contributed by atoms with van der Waals surface area (Å²) in [5.74, 6) is -3.02. The van der Waals surface area contributed by atoms with Gasteiger partial charge in [-0.25, -0.2) is 0 Å². The number of hydrogen-bond acceptors (Lipinski definition) is 4. The van der Waals surface area contributed by atoms with Crippen molar-refractivity contribution in [3.05, 3.63) is 24.3 Å². The molecule has 0 aromatic heterocycles. The first kappa shape index (κ1) is 21.2. The van der Waals surface area contributed by atoms with Crippen molar-refractivity contribution in [2.75, 3.05) is 0 Å². The van der Waals surface area contributed by atoms with Crippen molar-refractivity contribution in [1.29, 1.82) is 0 Å². The molecule has 4 N–H and O–H groups in total. The molecule has 6 aliphatic carbocycles. The lowest BCUT2D eigenvalue weighted by atomic mass is 9.82. The first-order chi connectivity index (χ1) is 15.3. The quantitative estimate of drug-likeness (QED) is 0.462. The molecule has 2 amide bonds. The maximum Gasteiger partial charge on any atom is 0.307 e. The SMILES string of the molecule is O=C(O)[C@@H]1C2C=CC(C2)[C@H]1C(=O)NC1CC1.O=C(O)[C@H]1C2C=CC(C2)[C@@H]1C(=O)NC1CC1. The Morgan fingerprint density at radius 1 is 0.562 bits per heavy atom. The van der Waals surface area contributed by atoms with E-state index in [-0.39, 0.29) is 47.3 Å². The largest absolute Gasteiger partial charge is 0.481 e. The van der Waals surface area contributed by atoms with E-state index >= 15 is 0 Å². The summed E-state index contributed by atoms with van der Waals surface area (Å²) in [6, 6.07) is 0.620. The van der Waals surface area contributed by atoms with Gasteiger partial charge in [-0.05, 0) is 62.2 Å². The number of allylic oxidation sites excluding steroid dienone is 4. The van der Waals surface area contributed by atoms with Crippen LogP contribution in [0, 0.1) is 47.3 Å². The van der Waals surface area contributed by atoms with Gasteiger partial charge in [0.2, 0.25) is 11.8 Å². The van der Waals surface area contributed by atoms with Crippen LogP contribution in [0.25, 0.3) is 0 Å². The van der Waals surface area contributed by atoms with Crippen LogP contribution in [0.2, 0.25) is 0 Å². The van der Waals surface area contributed by atoms with E-state index in [9.17, 15) is 29.4 Å². The molecule has 8 nitrogen and oxygen atoms in total. The molecule has 0 aromatic rings. The lowest BCUT2D eigenvalue weighted by molar-refractivity contribution is -0.148. The average molecular weight is 443 g/mol. The first-order valence-corrected chi connectivity index (χ1v) is 11.8. The summed E-state index contributed by atoms with van der Waals surface area (Å²) in [5, 5.41) is 24.2. The fraction of sp³-hybridized carbons (Fsp3) is 0.667. The number of hydrogen-bond donors (Lipinski definition) is 4. The molecule has 4 unspecified atom stereocenters. The first-order valence-electron chi connectivity index (χ1n) is 11.8. The van der Waals surface area contributed by atoms with E-state index in [0.717, 1.165) is 38.5 Å². The second-order valence-corrected chi connectivity index (χ2v) is 10.2. The molecule has 0 heterocycles. The van der Waals surface area contributed by atoms with Gasteiger partial charge in [0.25, 0.3) is 0 Å². The topological polar surface area (TPSA) is 133 Å². The number of aliphatic carboxylic acids is 2. The third-order valence-corrected chi connectivity index (χ3v) is 7.94. The molecule has 0 aliphatic heterocycles. The maximum absolute atomic E-state index is 12.0. The molecule has 4 saturated carbocycles. The standard InChI is InChI=1S/2C12H15NO3/c2*14-11(13-8-3-4-8)9-6-1-2-7(5-6)10(9)12(15)16/h2*1-2,6-10H,3-5H2,(H,13,14)(H,15,16)/t2*6?,7?,9-,10-/m10/s1. The Balaban J connectivity index is 0.000000135. The van der Waals surface area contributed by atoms with Crippen molar-refractivity contribution in [2.45, 2.75) is 50.6 Å². The number of fused-ring (bicyclic) bond motifs is 4. The number of carbonyl (C=O) groups is 4. The Labute approximate surface area is 186 Å².